The van der Waals surface area contributed by atoms with Crippen LogP contribution in [0.2, 0.25) is 0 Å². The minimum Gasteiger partial charge on any atom is -0.358 e. The van der Waals surface area contributed by atoms with Crippen molar-refractivity contribution in [2.24, 2.45) is 0 Å². The molecule has 0 spiro atoms. The van der Waals surface area contributed by atoms with E-state index in [9.17, 15) is 9.59 Å². The number of aromatic nitrogens is 1. The zero-order chi connectivity index (χ0) is 18.7. The highest BCUT2D eigenvalue weighted by Gasteiger charge is 2.13. The maximum Gasteiger partial charge on any atom is 0.243 e. The third kappa shape index (κ3) is 4.14. The van der Waals surface area contributed by atoms with Gasteiger partial charge < -0.3 is 15.6 Å². The number of aryl methyl sites for hydroxylation is 2. The van der Waals surface area contributed by atoms with Crippen molar-refractivity contribution in [3.05, 3.63) is 63.8 Å². The Kier molecular flexibility index (Phi) is 5.42. The van der Waals surface area contributed by atoms with E-state index in [1.165, 1.54) is 0 Å². The van der Waals surface area contributed by atoms with Crippen LogP contribution in [0.15, 0.2) is 46.9 Å². The minimum atomic E-state index is -0.254. The Hall–Kier alpha value is -2.60. The van der Waals surface area contributed by atoms with Crippen LogP contribution in [-0.4, -0.2) is 23.3 Å². The summed E-state index contributed by atoms with van der Waals surface area (Å²) in [7, 11) is 0. The summed E-state index contributed by atoms with van der Waals surface area (Å²) >= 11 is 3.42. The second-order valence-corrected chi connectivity index (χ2v) is 7.09. The molecule has 0 aliphatic carbocycles. The molecule has 2 amide bonds. The summed E-state index contributed by atoms with van der Waals surface area (Å²) < 4.78 is 0.984. The van der Waals surface area contributed by atoms with Gasteiger partial charge in [0.25, 0.3) is 0 Å². The summed E-state index contributed by atoms with van der Waals surface area (Å²) in [5, 5.41) is 6.51. The molecule has 5 nitrogen and oxygen atoms in total. The lowest BCUT2D eigenvalue weighted by molar-refractivity contribution is -0.123. The summed E-state index contributed by atoms with van der Waals surface area (Å²) in [5.74, 6) is -0.435. The molecule has 0 aliphatic rings. The smallest absolute Gasteiger partial charge is 0.243 e. The number of rotatable bonds is 5. The van der Waals surface area contributed by atoms with E-state index in [-0.39, 0.29) is 24.8 Å². The number of hydrogen-bond acceptors (Lipinski definition) is 2. The molecule has 0 radical (unpaired) electrons. The molecular formula is C20H20BrN3O2. The number of hydrogen-bond donors (Lipinski definition) is 3. The first-order valence-corrected chi connectivity index (χ1v) is 9.12. The molecule has 3 rings (SSSR count). The molecule has 134 valence electrons. The van der Waals surface area contributed by atoms with E-state index in [2.05, 4.69) is 31.5 Å². The molecule has 0 bridgehead atoms. The topological polar surface area (TPSA) is 74.0 Å². The van der Waals surface area contributed by atoms with Crippen molar-refractivity contribution >= 4 is 44.3 Å². The number of carbonyl (C=O) groups excluding carboxylic acids is 2. The number of H-pyrrole nitrogens is 1. The number of para-hydroxylation sites is 1. The van der Waals surface area contributed by atoms with Crippen LogP contribution >= 0.6 is 15.9 Å². The van der Waals surface area contributed by atoms with Gasteiger partial charge in [-0.2, -0.15) is 0 Å². The molecule has 0 saturated heterocycles. The molecular weight excluding hydrogens is 394 g/mol. The molecule has 0 saturated carbocycles. The molecule has 0 fully saturated rings. The van der Waals surface area contributed by atoms with E-state index in [1.807, 2.05) is 56.3 Å². The second kappa shape index (κ2) is 7.74. The highest BCUT2D eigenvalue weighted by Crippen LogP contribution is 2.22. The van der Waals surface area contributed by atoms with Crippen LogP contribution in [0.3, 0.4) is 0 Å². The molecule has 6 heteroatoms. The Morgan fingerprint density at radius 1 is 1.08 bits per heavy atom. The standard InChI is InChI=1S/C20H20BrN3O2/c1-12-9-14(7-8-17(12)21)24-20(26)11-22-19(25)10-16-13(2)23-18-6-4-3-5-15(16)18/h3-9,23H,10-11H2,1-2H3,(H,22,25)(H,24,26). The Morgan fingerprint density at radius 3 is 2.62 bits per heavy atom. The van der Waals surface area contributed by atoms with Gasteiger partial charge in [0.1, 0.15) is 0 Å². The number of anilines is 1. The van der Waals surface area contributed by atoms with Crippen molar-refractivity contribution in [1.29, 1.82) is 0 Å². The summed E-state index contributed by atoms with van der Waals surface area (Å²) in [6, 6.07) is 13.4. The van der Waals surface area contributed by atoms with Crippen LogP contribution < -0.4 is 10.6 Å². The Balaban J connectivity index is 1.57. The zero-order valence-electron chi connectivity index (χ0n) is 14.7. The molecule has 1 heterocycles. The van der Waals surface area contributed by atoms with Crippen molar-refractivity contribution in [1.82, 2.24) is 10.3 Å². The first kappa shape index (κ1) is 18.2. The molecule has 0 aliphatic heterocycles. The maximum absolute atomic E-state index is 12.3. The fraction of sp³-hybridized carbons (Fsp3) is 0.200. The van der Waals surface area contributed by atoms with Gasteiger partial charge in [-0.15, -0.1) is 0 Å². The molecule has 2 aromatic carbocycles. The lowest BCUT2D eigenvalue weighted by Crippen LogP contribution is -2.33. The van der Waals surface area contributed by atoms with Crippen LogP contribution in [0, 0.1) is 13.8 Å². The number of carbonyl (C=O) groups is 2. The van der Waals surface area contributed by atoms with Crippen molar-refractivity contribution in [2.75, 3.05) is 11.9 Å². The van der Waals surface area contributed by atoms with E-state index in [1.54, 1.807) is 0 Å². The molecule has 3 N–H and O–H groups in total. The van der Waals surface area contributed by atoms with E-state index in [0.29, 0.717) is 5.69 Å². The number of fused-ring (bicyclic) bond motifs is 1. The van der Waals surface area contributed by atoms with Gasteiger partial charge in [-0.3, -0.25) is 9.59 Å². The van der Waals surface area contributed by atoms with Gasteiger partial charge in [0.15, 0.2) is 0 Å². The average Bonchev–Trinajstić information content (AvgIpc) is 2.92. The summed E-state index contributed by atoms with van der Waals surface area (Å²) in [6.07, 6.45) is 0.237. The van der Waals surface area contributed by atoms with Gasteiger partial charge in [0.2, 0.25) is 11.8 Å². The predicted molar refractivity (Wildman–Crippen MR) is 107 cm³/mol. The van der Waals surface area contributed by atoms with Crippen LogP contribution in [-0.2, 0) is 16.0 Å². The summed E-state index contributed by atoms with van der Waals surface area (Å²) in [5.41, 5.74) is 4.67. The first-order chi connectivity index (χ1) is 12.4. The fourth-order valence-corrected chi connectivity index (χ4v) is 3.14. The Bertz CT molecular complexity index is 978. The van der Waals surface area contributed by atoms with E-state index >= 15 is 0 Å². The van der Waals surface area contributed by atoms with Crippen LogP contribution in [0.1, 0.15) is 16.8 Å². The number of nitrogens with one attached hydrogen (secondary N) is 3. The van der Waals surface area contributed by atoms with Crippen molar-refractivity contribution in [2.45, 2.75) is 20.3 Å². The van der Waals surface area contributed by atoms with Crippen LogP contribution in [0.4, 0.5) is 5.69 Å². The largest absolute Gasteiger partial charge is 0.358 e. The number of aromatic amines is 1. The Labute approximate surface area is 160 Å². The van der Waals surface area contributed by atoms with Crippen molar-refractivity contribution in [3.63, 3.8) is 0 Å². The molecule has 0 atom stereocenters. The molecule has 0 unspecified atom stereocenters. The minimum absolute atomic E-state index is 0.0602. The summed E-state index contributed by atoms with van der Waals surface area (Å²) in [4.78, 5) is 27.6. The third-order valence-electron chi connectivity index (χ3n) is 4.25. The predicted octanol–water partition coefficient (Wildman–Crippen LogP) is 3.84. The van der Waals surface area contributed by atoms with Crippen molar-refractivity contribution in [3.8, 4) is 0 Å². The highest BCUT2D eigenvalue weighted by atomic mass is 79.9. The zero-order valence-corrected chi connectivity index (χ0v) is 16.2. The highest BCUT2D eigenvalue weighted by molar-refractivity contribution is 9.10. The van der Waals surface area contributed by atoms with Crippen LogP contribution in [0.25, 0.3) is 10.9 Å². The number of benzene rings is 2. The second-order valence-electron chi connectivity index (χ2n) is 6.24. The van der Waals surface area contributed by atoms with E-state index in [0.717, 1.165) is 32.2 Å². The SMILES string of the molecule is Cc1cc(NC(=O)CNC(=O)Cc2c(C)[nH]c3ccccc23)ccc1Br. The van der Waals surface area contributed by atoms with Gasteiger partial charge >= 0.3 is 0 Å². The maximum atomic E-state index is 12.3. The normalized spacial score (nSPS) is 10.7. The lowest BCUT2D eigenvalue weighted by Gasteiger charge is -2.08. The van der Waals surface area contributed by atoms with Gasteiger partial charge in [-0.25, -0.2) is 0 Å². The van der Waals surface area contributed by atoms with E-state index in [4.69, 9.17) is 0 Å². The van der Waals surface area contributed by atoms with Gasteiger partial charge in [-0.1, -0.05) is 34.1 Å². The number of amides is 2. The van der Waals surface area contributed by atoms with Gasteiger partial charge in [0.05, 0.1) is 13.0 Å². The lowest BCUT2D eigenvalue weighted by atomic mass is 10.1. The quantitative estimate of drug-likeness (QED) is 0.594. The van der Waals surface area contributed by atoms with E-state index < -0.39 is 0 Å². The number of halogens is 1. The summed E-state index contributed by atoms with van der Waals surface area (Å²) in [6.45, 7) is 3.84. The monoisotopic (exact) mass is 413 g/mol. The fourth-order valence-electron chi connectivity index (χ4n) is 2.89. The third-order valence-corrected chi connectivity index (χ3v) is 5.14. The molecule has 1 aromatic heterocycles. The average molecular weight is 414 g/mol. The van der Waals surface area contributed by atoms with Crippen molar-refractivity contribution < 1.29 is 9.59 Å². The van der Waals surface area contributed by atoms with Gasteiger partial charge in [0, 0.05) is 26.8 Å². The van der Waals surface area contributed by atoms with Gasteiger partial charge in [-0.05, 0) is 49.2 Å². The molecule has 3 aromatic rings. The molecule has 26 heavy (non-hydrogen) atoms. The first-order valence-electron chi connectivity index (χ1n) is 8.33. The Morgan fingerprint density at radius 2 is 1.85 bits per heavy atom. The van der Waals surface area contributed by atoms with Crippen LogP contribution in [0.5, 0.6) is 0 Å².